The fourth-order valence-corrected chi connectivity index (χ4v) is 3.93. The van der Waals surface area contributed by atoms with Gasteiger partial charge in [-0.3, -0.25) is 0 Å². The van der Waals surface area contributed by atoms with Crippen LogP contribution in [0.2, 0.25) is 0 Å². The van der Waals surface area contributed by atoms with Crippen LogP contribution in [0, 0.1) is 13.8 Å². The molecule has 0 aliphatic carbocycles. The van der Waals surface area contributed by atoms with Crippen molar-refractivity contribution in [2.24, 2.45) is 0 Å². The molecule has 0 bridgehead atoms. The summed E-state index contributed by atoms with van der Waals surface area (Å²) in [4.78, 5) is 14.6. The van der Waals surface area contributed by atoms with Gasteiger partial charge in [0.2, 0.25) is 0 Å². The van der Waals surface area contributed by atoms with Crippen LogP contribution >= 0.6 is 0 Å². The molecular formula is C23H24F3N5O. The summed E-state index contributed by atoms with van der Waals surface area (Å²) in [5, 5.41) is 11.3. The Bertz CT molecular complexity index is 1090. The van der Waals surface area contributed by atoms with Crippen molar-refractivity contribution in [3.05, 3.63) is 76.9 Å². The van der Waals surface area contributed by atoms with E-state index in [-0.39, 0.29) is 12.1 Å². The van der Waals surface area contributed by atoms with E-state index in [9.17, 15) is 18.0 Å². The quantitative estimate of drug-likeness (QED) is 0.593. The molecule has 2 aromatic carbocycles. The topological polar surface area (TPSA) is 63.1 Å². The van der Waals surface area contributed by atoms with E-state index in [4.69, 9.17) is 0 Å². The maximum atomic E-state index is 12.9. The second-order valence-corrected chi connectivity index (χ2v) is 8.03. The highest BCUT2D eigenvalue weighted by atomic mass is 19.4. The average Bonchev–Trinajstić information content (AvgIpc) is 3.36. The van der Waals surface area contributed by atoms with Gasteiger partial charge in [0.05, 0.1) is 18.2 Å². The van der Waals surface area contributed by atoms with Crippen molar-refractivity contribution < 1.29 is 18.0 Å². The number of amides is 2. The molecular weight excluding hydrogens is 419 g/mol. The fourth-order valence-electron chi connectivity index (χ4n) is 3.93. The third-order valence-electron chi connectivity index (χ3n) is 5.70. The zero-order valence-corrected chi connectivity index (χ0v) is 17.9. The molecule has 0 radical (unpaired) electrons. The highest BCUT2D eigenvalue weighted by Gasteiger charge is 2.34. The molecule has 168 valence electrons. The molecule has 3 aromatic rings. The number of nitrogens with zero attached hydrogens (tertiary/aromatic N) is 4. The number of halogens is 3. The number of hydrogen-bond donors (Lipinski definition) is 1. The van der Waals surface area contributed by atoms with Crippen LogP contribution in [0.5, 0.6) is 0 Å². The van der Waals surface area contributed by atoms with Gasteiger partial charge in [-0.05, 0) is 56.5 Å². The van der Waals surface area contributed by atoms with E-state index >= 15 is 0 Å². The summed E-state index contributed by atoms with van der Waals surface area (Å²) in [5.41, 5.74) is 1.84. The molecule has 9 heteroatoms. The Balaban J connectivity index is 1.51. The Morgan fingerprint density at radius 1 is 1.06 bits per heavy atom. The molecule has 1 fully saturated rings. The van der Waals surface area contributed by atoms with Gasteiger partial charge in [0, 0.05) is 12.2 Å². The number of benzene rings is 2. The lowest BCUT2D eigenvalue weighted by molar-refractivity contribution is -0.137. The number of alkyl halides is 3. The third kappa shape index (κ3) is 4.61. The highest BCUT2D eigenvalue weighted by Crippen LogP contribution is 2.33. The van der Waals surface area contributed by atoms with Crippen LogP contribution < -0.4 is 5.32 Å². The number of nitrogens with one attached hydrogen (secondary N) is 1. The van der Waals surface area contributed by atoms with E-state index in [2.05, 4.69) is 27.6 Å². The van der Waals surface area contributed by atoms with Crippen LogP contribution in [0.4, 0.5) is 23.7 Å². The Labute approximate surface area is 184 Å². The Kier molecular flexibility index (Phi) is 5.90. The van der Waals surface area contributed by atoms with Crippen molar-refractivity contribution in [1.82, 2.24) is 19.7 Å². The molecule has 1 aromatic heterocycles. The van der Waals surface area contributed by atoms with Gasteiger partial charge < -0.3 is 14.8 Å². The molecule has 1 aliphatic heterocycles. The lowest BCUT2D eigenvalue weighted by atomic mass is 10.1. The third-order valence-corrected chi connectivity index (χ3v) is 5.70. The molecule has 4 rings (SSSR count). The summed E-state index contributed by atoms with van der Waals surface area (Å²) in [6.45, 7) is 5.05. The minimum absolute atomic E-state index is 0.254. The van der Waals surface area contributed by atoms with Crippen LogP contribution in [0.3, 0.4) is 0 Å². The number of anilines is 1. The summed E-state index contributed by atoms with van der Waals surface area (Å²) in [6.07, 6.45) is -2.87. The largest absolute Gasteiger partial charge is 0.416 e. The summed E-state index contributed by atoms with van der Waals surface area (Å²) < 4.78 is 40.3. The van der Waals surface area contributed by atoms with Crippen LogP contribution in [0.25, 0.3) is 0 Å². The monoisotopic (exact) mass is 443 g/mol. The SMILES string of the molecule is Cc1ccc(Cn2c(C)nnc2[C@H]2CCCN2C(=O)Nc2ccc(C(F)(F)F)cc2)cc1. The Morgan fingerprint density at radius 3 is 2.41 bits per heavy atom. The van der Waals surface area contributed by atoms with Gasteiger partial charge in [0.25, 0.3) is 0 Å². The van der Waals surface area contributed by atoms with Crippen molar-refractivity contribution in [3.63, 3.8) is 0 Å². The second-order valence-electron chi connectivity index (χ2n) is 8.03. The van der Waals surface area contributed by atoms with E-state index in [0.29, 0.717) is 24.6 Å². The molecule has 0 spiro atoms. The standard InChI is InChI=1S/C23H24F3N5O/c1-15-5-7-17(8-6-15)14-31-16(2)28-29-21(31)20-4-3-13-30(20)22(32)27-19-11-9-18(10-12-19)23(24,25)26/h5-12,20H,3-4,13-14H2,1-2H3,(H,27,32)/t20-/m1/s1. The number of rotatable bonds is 4. The number of hydrogen-bond acceptors (Lipinski definition) is 3. The van der Waals surface area contributed by atoms with Gasteiger partial charge >= 0.3 is 12.2 Å². The first-order chi connectivity index (χ1) is 15.2. The normalized spacial score (nSPS) is 16.4. The molecule has 1 atom stereocenters. The molecule has 6 nitrogen and oxygen atoms in total. The van der Waals surface area contributed by atoms with Gasteiger partial charge in [0.1, 0.15) is 5.82 Å². The van der Waals surface area contributed by atoms with Gasteiger partial charge in [0.15, 0.2) is 5.82 Å². The maximum Gasteiger partial charge on any atom is 0.416 e. The smallest absolute Gasteiger partial charge is 0.314 e. The minimum Gasteiger partial charge on any atom is -0.314 e. The van der Waals surface area contributed by atoms with Gasteiger partial charge in [-0.25, -0.2) is 4.79 Å². The Hall–Kier alpha value is -3.36. The zero-order valence-electron chi connectivity index (χ0n) is 17.9. The number of likely N-dealkylation sites (tertiary alicyclic amines) is 1. The van der Waals surface area contributed by atoms with Crippen molar-refractivity contribution in [2.45, 2.75) is 45.5 Å². The highest BCUT2D eigenvalue weighted by molar-refractivity contribution is 5.89. The van der Waals surface area contributed by atoms with Gasteiger partial charge in [-0.1, -0.05) is 29.8 Å². The predicted molar refractivity (Wildman–Crippen MR) is 114 cm³/mol. The second kappa shape index (κ2) is 8.64. The number of aromatic nitrogens is 3. The predicted octanol–water partition coefficient (Wildman–Crippen LogP) is 5.33. The molecule has 0 unspecified atom stereocenters. The van der Waals surface area contributed by atoms with Crippen molar-refractivity contribution in [1.29, 1.82) is 0 Å². The molecule has 1 N–H and O–H groups in total. The lowest BCUT2D eigenvalue weighted by Gasteiger charge is -2.25. The van der Waals surface area contributed by atoms with E-state index in [0.717, 1.165) is 36.4 Å². The minimum atomic E-state index is -4.41. The summed E-state index contributed by atoms with van der Waals surface area (Å²) in [5.74, 6) is 1.47. The van der Waals surface area contributed by atoms with E-state index in [1.165, 1.54) is 17.7 Å². The first-order valence-corrected chi connectivity index (χ1v) is 10.4. The van der Waals surface area contributed by atoms with Crippen molar-refractivity contribution >= 4 is 11.7 Å². The number of urea groups is 1. The Morgan fingerprint density at radius 2 is 1.75 bits per heavy atom. The molecule has 0 saturated carbocycles. The van der Waals surface area contributed by atoms with Crippen molar-refractivity contribution in [3.8, 4) is 0 Å². The molecule has 1 aliphatic rings. The fraction of sp³-hybridized carbons (Fsp3) is 0.348. The number of carbonyl (C=O) groups is 1. The van der Waals surface area contributed by atoms with Crippen molar-refractivity contribution in [2.75, 3.05) is 11.9 Å². The van der Waals surface area contributed by atoms with Crippen LogP contribution in [-0.4, -0.2) is 32.2 Å². The molecule has 32 heavy (non-hydrogen) atoms. The van der Waals surface area contributed by atoms with E-state index in [1.807, 2.05) is 30.5 Å². The van der Waals surface area contributed by atoms with Crippen LogP contribution in [0.15, 0.2) is 48.5 Å². The molecule has 2 heterocycles. The van der Waals surface area contributed by atoms with Crippen LogP contribution in [-0.2, 0) is 12.7 Å². The number of aryl methyl sites for hydroxylation is 2. The number of carbonyl (C=O) groups excluding carboxylic acids is 1. The summed E-state index contributed by atoms with van der Waals surface area (Å²) >= 11 is 0. The first-order valence-electron chi connectivity index (χ1n) is 10.4. The summed E-state index contributed by atoms with van der Waals surface area (Å²) in [6, 6.07) is 12.0. The molecule has 1 saturated heterocycles. The molecule has 2 amide bonds. The van der Waals surface area contributed by atoms with E-state index < -0.39 is 11.7 Å². The first kappa shape index (κ1) is 21.9. The summed E-state index contributed by atoms with van der Waals surface area (Å²) in [7, 11) is 0. The lowest BCUT2D eigenvalue weighted by Crippen LogP contribution is -2.35. The maximum absolute atomic E-state index is 12.9. The average molecular weight is 443 g/mol. The zero-order chi connectivity index (χ0) is 22.9. The van der Waals surface area contributed by atoms with Gasteiger partial charge in [-0.15, -0.1) is 10.2 Å². The van der Waals surface area contributed by atoms with E-state index in [1.54, 1.807) is 4.90 Å². The van der Waals surface area contributed by atoms with Crippen LogP contribution in [0.1, 0.15) is 47.2 Å². The van der Waals surface area contributed by atoms with Gasteiger partial charge in [-0.2, -0.15) is 13.2 Å².